The smallest absolute Gasteiger partial charge is 0.0959 e. The maximum absolute atomic E-state index is 9.97. The van der Waals surface area contributed by atoms with E-state index in [0.29, 0.717) is 16.6 Å². The minimum Gasteiger partial charge on any atom is -0.389 e. The standard InChI is InChI=1S/C17H16Cl2N2O/c1-17(2,22)9-21-10-20-15-7-11(3-6-16(15)21)13-5-4-12(18)8-14(13)19/h3-8,10,22H,9H2,1-2H3. The minimum absolute atomic E-state index is 0.491. The molecule has 114 valence electrons. The van der Waals surface area contributed by atoms with Crippen LogP contribution in [-0.4, -0.2) is 20.3 Å². The highest BCUT2D eigenvalue weighted by Gasteiger charge is 2.15. The van der Waals surface area contributed by atoms with Gasteiger partial charge in [0.25, 0.3) is 0 Å². The molecule has 0 unspecified atom stereocenters. The van der Waals surface area contributed by atoms with Crippen LogP contribution in [0.5, 0.6) is 0 Å². The van der Waals surface area contributed by atoms with Crippen molar-refractivity contribution in [2.24, 2.45) is 0 Å². The highest BCUT2D eigenvalue weighted by molar-refractivity contribution is 6.36. The Morgan fingerprint density at radius 3 is 2.59 bits per heavy atom. The van der Waals surface area contributed by atoms with Gasteiger partial charge in [0.1, 0.15) is 0 Å². The van der Waals surface area contributed by atoms with Gasteiger partial charge in [0, 0.05) is 15.6 Å². The molecule has 0 aliphatic heterocycles. The zero-order valence-corrected chi connectivity index (χ0v) is 13.9. The van der Waals surface area contributed by atoms with Gasteiger partial charge in [0.2, 0.25) is 0 Å². The highest BCUT2D eigenvalue weighted by Crippen LogP contribution is 2.32. The summed E-state index contributed by atoms with van der Waals surface area (Å²) >= 11 is 12.2. The molecule has 0 saturated carbocycles. The molecule has 1 N–H and O–H groups in total. The monoisotopic (exact) mass is 334 g/mol. The van der Waals surface area contributed by atoms with Crippen molar-refractivity contribution in [3.63, 3.8) is 0 Å². The Kier molecular flexibility index (Phi) is 3.89. The van der Waals surface area contributed by atoms with Crippen molar-refractivity contribution in [2.45, 2.75) is 26.0 Å². The van der Waals surface area contributed by atoms with Gasteiger partial charge >= 0.3 is 0 Å². The average Bonchev–Trinajstić information content (AvgIpc) is 2.79. The molecular weight excluding hydrogens is 319 g/mol. The van der Waals surface area contributed by atoms with Gasteiger partial charge in [-0.25, -0.2) is 4.98 Å². The lowest BCUT2D eigenvalue weighted by Crippen LogP contribution is -2.25. The van der Waals surface area contributed by atoms with E-state index in [2.05, 4.69) is 4.98 Å². The fourth-order valence-electron chi connectivity index (χ4n) is 2.50. The predicted molar refractivity (Wildman–Crippen MR) is 91.5 cm³/mol. The van der Waals surface area contributed by atoms with Crippen molar-refractivity contribution in [2.75, 3.05) is 0 Å². The molecule has 3 nitrogen and oxygen atoms in total. The minimum atomic E-state index is -0.786. The summed E-state index contributed by atoms with van der Waals surface area (Å²) in [6.07, 6.45) is 1.75. The van der Waals surface area contributed by atoms with Crippen molar-refractivity contribution < 1.29 is 5.11 Å². The van der Waals surface area contributed by atoms with Crippen LogP contribution in [0.4, 0.5) is 0 Å². The second kappa shape index (κ2) is 5.58. The molecule has 0 saturated heterocycles. The average molecular weight is 335 g/mol. The molecule has 22 heavy (non-hydrogen) atoms. The zero-order chi connectivity index (χ0) is 15.9. The molecule has 0 fully saturated rings. The lowest BCUT2D eigenvalue weighted by Gasteiger charge is -2.18. The molecule has 5 heteroatoms. The van der Waals surface area contributed by atoms with Crippen LogP contribution in [0.1, 0.15) is 13.8 Å². The van der Waals surface area contributed by atoms with E-state index in [9.17, 15) is 5.11 Å². The second-order valence-electron chi connectivity index (χ2n) is 6.01. The summed E-state index contributed by atoms with van der Waals surface area (Å²) in [5.41, 5.74) is 2.97. The first-order chi connectivity index (χ1) is 10.3. The van der Waals surface area contributed by atoms with Crippen LogP contribution in [0, 0.1) is 0 Å². The summed E-state index contributed by atoms with van der Waals surface area (Å²) in [7, 11) is 0. The number of hydrogen-bond donors (Lipinski definition) is 1. The first kappa shape index (κ1) is 15.3. The Hall–Kier alpha value is -1.55. The van der Waals surface area contributed by atoms with E-state index in [-0.39, 0.29) is 0 Å². The number of nitrogens with zero attached hydrogens (tertiary/aromatic N) is 2. The second-order valence-corrected chi connectivity index (χ2v) is 6.86. The first-order valence-electron chi connectivity index (χ1n) is 6.96. The van der Waals surface area contributed by atoms with Crippen molar-refractivity contribution in [1.29, 1.82) is 0 Å². The lowest BCUT2D eigenvalue weighted by molar-refractivity contribution is 0.0627. The number of hydrogen-bond acceptors (Lipinski definition) is 2. The van der Waals surface area contributed by atoms with Crippen LogP contribution in [0.3, 0.4) is 0 Å². The number of aromatic nitrogens is 2. The largest absolute Gasteiger partial charge is 0.389 e. The summed E-state index contributed by atoms with van der Waals surface area (Å²) in [5.74, 6) is 0. The van der Waals surface area contributed by atoms with Gasteiger partial charge in [-0.3, -0.25) is 0 Å². The molecule has 2 aromatic carbocycles. The van der Waals surface area contributed by atoms with Crippen LogP contribution in [0.25, 0.3) is 22.2 Å². The molecule has 3 rings (SSSR count). The summed E-state index contributed by atoms with van der Waals surface area (Å²) in [4.78, 5) is 4.42. The summed E-state index contributed by atoms with van der Waals surface area (Å²) in [6.45, 7) is 4.05. The molecule has 0 aliphatic carbocycles. The van der Waals surface area contributed by atoms with E-state index in [0.717, 1.165) is 22.2 Å². The van der Waals surface area contributed by atoms with Crippen LogP contribution < -0.4 is 0 Å². The van der Waals surface area contributed by atoms with Crippen LogP contribution in [0.15, 0.2) is 42.7 Å². The van der Waals surface area contributed by atoms with Gasteiger partial charge < -0.3 is 9.67 Å². The summed E-state index contributed by atoms with van der Waals surface area (Å²) in [6, 6.07) is 11.4. The van der Waals surface area contributed by atoms with Gasteiger partial charge in [-0.15, -0.1) is 0 Å². The van der Waals surface area contributed by atoms with Crippen molar-refractivity contribution in [3.05, 3.63) is 52.8 Å². The molecular formula is C17H16Cl2N2O. The zero-order valence-electron chi connectivity index (χ0n) is 12.3. The molecule has 0 bridgehead atoms. The van der Waals surface area contributed by atoms with Crippen LogP contribution in [0.2, 0.25) is 10.0 Å². The lowest BCUT2D eigenvalue weighted by atomic mass is 10.0. The molecule has 0 amide bonds. The van der Waals surface area contributed by atoms with Gasteiger partial charge in [-0.1, -0.05) is 35.3 Å². The SMILES string of the molecule is CC(C)(O)Cn1cnc2cc(-c3ccc(Cl)cc3Cl)ccc21. The Bertz CT molecular complexity index is 834. The Labute approximate surface area is 139 Å². The Morgan fingerprint density at radius 1 is 1.14 bits per heavy atom. The molecule has 0 radical (unpaired) electrons. The van der Waals surface area contributed by atoms with E-state index in [1.54, 1.807) is 26.2 Å². The van der Waals surface area contributed by atoms with Gasteiger partial charge in [0.15, 0.2) is 0 Å². The van der Waals surface area contributed by atoms with Gasteiger partial charge in [0.05, 0.1) is 29.5 Å². The summed E-state index contributed by atoms with van der Waals surface area (Å²) < 4.78 is 1.95. The molecule has 3 aromatic rings. The Morgan fingerprint density at radius 2 is 1.91 bits per heavy atom. The molecule has 0 aliphatic rings. The van der Waals surface area contributed by atoms with E-state index in [4.69, 9.17) is 23.2 Å². The van der Waals surface area contributed by atoms with E-state index >= 15 is 0 Å². The maximum atomic E-state index is 9.97. The number of rotatable bonds is 3. The molecule has 1 heterocycles. The van der Waals surface area contributed by atoms with Gasteiger partial charge in [-0.2, -0.15) is 0 Å². The van der Waals surface area contributed by atoms with E-state index in [1.807, 2.05) is 34.9 Å². The molecule has 1 aromatic heterocycles. The van der Waals surface area contributed by atoms with E-state index < -0.39 is 5.60 Å². The molecule has 0 spiro atoms. The first-order valence-corrected chi connectivity index (χ1v) is 7.72. The predicted octanol–water partition coefficient (Wildman–Crippen LogP) is 4.78. The van der Waals surface area contributed by atoms with Crippen LogP contribution in [-0.2, 0) is 6.54 Å². The summed E-state index contributed by atoms with van der Waals surface area (Å²) in [5, 5.41) is 11.2. The third kappa shape index (κ3) is 3.12. The third-order valence-corrected chi connectivity index (χ3v) is 3.97. The third-order valence-electron chi connectivity index (χ3n) is 3.42. The van der Waals surface area contributed by atoms with Gasteiger partial charge in [-0.05, 0) is 43.7 Å². The fraction of sp³-hybridized carbons (Fsp3) is 0.235. The normalized spacial score (nSPS) is 12.0. The number of fused-ring (bicyclic) bond motifs is 1. The number of benzene rings is 2. The Balaban J connectivity index is 2.04. The van der Waals surface area contributed by atoms with E-state index in [1.165, 1.54) is 0 Å². The number of halogens is 2. The quantitative estimate of drug-likeness (QED) is 0.748. The highest BCUT2D eigenvalue weighted by atomic mass is 35.5. The number of imidazole rings is 1. The topological polar surface area (TPSA) is 38.0 Å². The van der Waals surface area contributed by atoms with Crippen molar-refractivity contribution in [1.82, 2.24) is 9.55 Å². The molecule has 0 atom stereocenters. The fourth-order valence-corrected chi connectivity index (χ4v) is 3.02. The van der Waals surface area contributed by atoms with Crippen LogP contribution >= 0.6 is 23.2 Å². The number of aliphatic hydroxyl groups is 1. The van der Waals surface area contributed by atoms with Crippen molar-refractivity contribution in [3.8, 4) is 11.1 Å². The van der Waals surface area contributed by atoms with Crippen molar-refractivity contribution >= 4 is 34.2 Å². The maximum Gasteiger partial charge on any atom is 0.0959 e.